The third-order valence-corrected chi connectivity index (χ3v) is 3.09. The second-order valence-corrected chi connectivity index (χ2v) is 4.49. The van der Waals surface area contributed by atoms with E-state index in [1.807, 2.05) is 4.90 Å². The van der Waals surface area contributed by atoms with Gasteiger partial charge in [0, 0.05) is 24.8 Å². The molecule has 0 spiro atoms. The molecule has 17 heavy (non-hydrogen) atoms. The molecule has 0 saturated carbocycles. The van der Waals surface area contributed by atoms with Gasteiger partial charge in [0.05, 0.1) is 5.56 Å². The summed E-state index contributed by atoms with van der Waals surface area (Å²) >= 11 is 0. The maximum absolute atomic E-state index is 12.5. The number of benzene rings is 1. The van der Waals surface area contributed by atoms with Crippen LogP contribution in [-0.2, 0) is 6.18 Å². The van der Waals surface area contributed by atoms with Crippen LogP contribution in [0.3, 0.4) is 0 Å². The third kappa shape index (κ3) is 2.54. The maximum atomic E-state index is 12.5. The second-order valence-electron chi connectivity index (χ2n) is 4.49. The number of anilines is 1. The molecular weight excluding hydrogens is 229 g/mol. The van der Waals surface area contributed by atoms with Crippen molar-refractivity contribution in [1.29, 1.82) is 0 Å². The summed E-state index contributed by atoms with van der Waals surface area (Å²) < 4.78 is 37.5. The first kappa shape index (κ1) is 12.2. The Hall–Kier alpha value is -1.23. The number of halogens is 3. The number of nitrogens with zero attached hydrogens (tertiary/aromatic N) is 1. The van der Waals surface area contributed by atoms with E-state index in [-0.39, 0.29) is 6.04 Å². The van der Waals surface area contributed by atoms with Gasteiger partial charge in [-0.3, -0.25) is 0 Å². The average Bonchev–Trinajstić information content (AvgIpc) is 2.63. The van der Waals surface area contributed by atoms with E-state index < -0.39 is 11.7 Å². The quantitative estimate of drug-likeness (QED) is 0.822. The van der Waals surface area contributed by atoms with Crippen molar-refractivity contribution in [3.63, 3.8) is 0 Å². The predicted molar refractivity (Wildman–Crippen MR) is 61.0 cm³/mol. The largest absolute Gasteiger partial charge is 0.416 e. The number of rotatable bonds is 1. The molecule has 1 aromatic carbocycles. The SMILES string of the molecule is Cc1cc(C(F)(F)F)ccc1N1CCC(N)C1. The van der Waals surface area contributed by atoms with E-state index in [2.05, 4.69) is 0 Å². The highest BCUT2D eigenvalue weighted by molar-refractivity contribution is 5.55. The van der Waals surface area contributed by atoms with Crippen LogP contribution in [0.4, 0.5) is 18.9 Å². The molecule has 1 saturated heterocycles. The number of nitrogens with two attached hydrogens (primary N) is 1. The molecular formula is C12H15F3N2. The number of alkyl halides is 3. The van der Waals surface area contributed by atoms with Crippen LogP contribution in [0.15, 0.2) is 18.2 Å². The first-order valence-corrected chi connectivity index (χ1v) is 5.56. The molecule has 0 radical (unpaired) electrons. The lowest BCUT2D eigenvalue weighted by Crippen LogP contribution is -2.26. The van der Waals surface area contributed by atoms with Gasteiger partial charge >= 0.3 is 6.18 Å². The van der Waals surface area contributed by atoms with Gasteiger partial charge in [0.2, 0.25) is 0 Å². The second kappa shape index (κ2) is 4.22. The van der Waals surface area contributed by atoms with Gasteiger partial charge in [-0.25, -0.2) is 0 Å². The van der Waals surface area contributed by atoms with E-state index in [1.165, 1.54) is 12.1 Å². The molecule has 94 valence electrons. The van der Waals surface area contributed by atoms with Gasteiger partial charge < -0.3 is 10.6 Å². The zero-order valence-corrected chi connectivity index (χ0v) is 9.59. The highest BCUT2D eigenvalue weighted by atomic mass is 19.4. The lowest BCUT2D eigenvalue weighted by atomic mass is 10.1. The summed E-state index contributed by atoms with van der Waals surface area (Å²) in [5.41, 5.74) is 6.69. The van der Waals surface area contributed by atoms with Crippen molar-refractivity contribution in [2.75, 3.05) is 18.0 Å². The van der Waals surface area contributed by atoms with Gasteiger partial charge in [-0.2, -0.15) is 13.2 Å². The van der Waals surface area contributed by atoms with E-state index in [1.54, 1.807) is 6.92 Å². The molecule has 2 nitrogen and oxygen atoms in total. The first-order valence-electron chi connectivity index (χ1n) is 5.56. The van der Waals surface area contributed by atoms with Crippen molar-refractivity contribution in [2.45, 2.75) is 25.6 Å². The van der Waals surface area contributed by atoms with Crippen LogP contribution in [0.25, 0.3) is 0 Å². The summed E-state index contributed by atoms with van der Waals surface area (Å²) in [5.74, 6) is 0. The van der Waals surface area contributed by atoms with Crippen molar-refractivity contribution in [3.8, 4) is 0 Å². The van der Waals surface area contributed by atoms with Gasteiger partial charge in [-0.15, -0.1) is 0 Å². The van der Waals surface area contributed by atoms with E-state index in [9.17, 15) is 13.2 Å². The number of hydrogen-bond acceptors (Lipinski definition) is 2. The van der Waals surface area contributed by atoms with Crippen molar-refractivity contribution in [3.05, 3.63) is 29.3 Å². The Balaban J connectivity index is 2.26. The summed E-state index contributed by atoms with van der Waals surface area (Å²) in [4.78, 5) is 2.04. The summed E-state index contributed by atoms with van der Waals surface area (Å²) in [7, 11) is 0. The summed E-state index contributed by atoms with van der Waals surface area (Å²) in [6.45, 7) is 3.23. The van der Waals surface area contributed by atoms with Crippen LogP contribution >= 0.6 is 0 Å². The van der Waals surface area contributed by atoms with Gasteiger partial charge in [0.15, 0.2) is 0 Å². The van der Waals surface area contributed by atoms with Gasteiger partial charge in [-0.1, -0.05) is 0 Å². The molecule has 1 unspecified atom stereocenters. The minimum Gasteiger partial charge on any atom is -0.370 e. The highest BCUT2D eigenvalue weighted by Crippen LogP contribution is 2.33. The fraction of sp³-hybridized carbons (Fsp3) is 0.500. The van der Waals surface area contributed by atoms with Crippen molar-refractivity contribution >= 4 is 5.69 Å². The van der Waals surface area contributed by atoms with Crippen LogP contribution in [0, 0.1) is 6.92 Å². The Morgan fingerprint density at radius 3 is 2.53 bits per heavy atom. The summed E-state index contributed by atoms with van der Waals surface area (Å²) in [5, 5.41) is 0. The summed E-state index contributed by atoms with van der Waals surface area (Å²) in [6, 6.07) is 3.98. The highest BCUT2D eigenvalue weighted by Gasteiger charge is 2.31. The van der Waals surface area contributed by atoms with Crippen molar-refractivity contribution in [1.82, 2.24) is 0 Å². The minimum atomic E-state index is -4.27. The lowest BCUT2D eigenvalue weighted by Gasteiger charge is -2.21. The van der Waals surface area contributed by atoms with Crippen LogP contribution < -0.4 is 10.6 Å². The normalized spacial score (nSPS) is 21.0. The molecule has 1 atom stereocenters. The van der Waals surface area contributed by atoms with E-state index >= 15 is 0 Å². The third-order valence-electron chi connectivity index (χ3n) is 3.09. The molecule has 2 N–H and O–H groups in total. The number of hydrogen-bond donors (Lipinski definition) is 1. The zero-order valence-electron chi connectivity index (χ0n) is 9.59. The molecule has 1 aliphatic heterocycles. The molecule has 1 aliphatic rings. The molecule has 5 heteroatoms. The smallest absolute Gasteiger partial charge is 0.370 e. The molecule has 0 bridgehead atoms. The minimum absolute atomic E-state index is 0.122. The maximum Gasteiger partial charge on any atom is 0.416 e. The zero-order chi connectivity index (χ0) is 12.6. The van der Waals surface area contributed by atoms with Crippen LogP contribution in [0.1, 0.15) is 17.5 Å². The molecule has 0 amide bonds. The average molecular weight is 244 g/mol. The van der Waals surface area contributed by atoms with Crippen LogP contribution in [0.2, 0.25) is 0 Å². The molecule has 1 heterocycles. The molecule has 0 aliphatic carbocycles. The monoisotopic (exact) mass is 244 g/mol. The first-order chi connectivity index (χ1) is 7.88. The van der Waals surface area contributed by atoms with E-state index in [0.717, 1.165) is 24.7 Å². The fourth-order valence-corrected chi connectivity index (χ4v) is 2.19. The Labute approximate surface area is 98.2 Å². The Morgan fingerprint density at radius 2 is 2.06 bits per heavy atom. The molecule has 1 aromatic rings. The Bertz CT molecular complexity index is 415. The van der Waals surface area contributed by atoms with Gasteiger partial charge in [0.1, 0.15) is 0 Å². The van der Waals surface area contributed by atoms with Crippen LogP contribution in [0.5, 0.6) is 0 Å². The predicted octanol–water partition coefficient (Wildman–Crippen LogP) is 2.55. The Kier molecular flexibility index (Phi) is 3.03. The van der Waals surface area contributed by atoms with Crippen LogP contribution in [-0.4, -0.2) is 19.1 Å². The number of aryl methyl sites for hydroxylation is 1. The van der Waals surface area contributed by atoms with Gasteiger partial charge in [0.25, 0.3) is 0 Å². The van der Waals surface area contributed by atoms with E-state index in [0.29, 0.717) is 12.1 Å². The Morgan fingerprint density at radius 1 is 1.35 bits per heavy atom. The molecule has 2 rings (SSSR count). The summed E-state index contributed by atoms with van der Waals surface area (Å²) in [6.07, 6.45) is -3.38. The van der Waals surface area contributed by atoms with E-state index in [4.69, 9.17) is 5.73 Å². The van der Waals surface area contributed by atoms with Crippen molar-refractivity contribution < 1.29 is 13.2 Å². The topological polar surface area (TPSA) is 29.3 Å². The molecule has 0 aromatic heterocycles. The lowest BCUT2D eigenvalue weighted by molar-refractivity contribution is -0.137. The molecule has 1 fully saturated rings. The van der Waals surface area contributed by atoms with Gasteiger partial charge in [-0.05, 0) is 37.1 Å². The fourth-order valence-electron chi connectivity index (χ4n) is 2.19. The van der Waals surface area contributed by atoms with Crippen molar-refractivity contribution in [2.24, 2.45) is 5.73 Å². The standard InChI is InChI=1S/C12H15F3N2/c1-8-6-9(12(13,14)15)2-3-11(8)17-5-4-10(16)7-17/h2-3,6,10H,4-5,7,16H2,1H3.